The van der Waals surface area contributed by atoms with E-state index in [0.29, 0.717) is 37.9 Å². The predicted molar refractivity (Wildman–Crippen MR) is 80.1 cm³/mol. The molecule has 0 spiro atoms. The Balaban J connectivity index is 2.12. The molecule has 1 heterocycles. The van der Waals surface area contributed by atoms with Crippen molar-refractivity contribution in [3.05, 3.63) is 11.8 Å². The van der Waals surface area contributed by atoms with E-state index in [0.717, 1.165) is 11.5 Å². The lowest BCUT2D eigenvalue weighted by molar-refractivity contribution is -0.201. The van der Waals surface area contributed by atoms with Gasteiger partial charge in [0.2, 0.25) is 5.91 Å². The zero-order valence-corrected chi connectivity index (χ0v) is 13.5. The quantitative estimate of drug-likeness (QED) is 0.787. The van der Waals surface area contributed by atoms with Crippen molar-refractivity contribution in [3.8, 4) is 0 Å². The average Bonchev–Trinajstić information content (AvgIpc) is 2.70. The Morgan fingerprint density at radius 2 is 2.05 bits per heavy atom. The first-order chi connectivity index (χ1) is 10.4. The van der Waals surface area contributed by atoms with Crippen molar-refractivity contribution in [2.75, 3.05) is 6.54 Å². The van der Waals surface area contributed by atoms with Crippen LogP contribution in [0, 0.1) is 11.3 Å². The van der Waals surface area contributed by atoms with Crippen LogP contribution in [0.2, 0.25) is 0 Å². The summed E-state index contributed by atoms with van der Waals surface area (Å²) in [5, 5.41) is 3.78. The van der Waals surface area contributed by atoms with Crippen molar-refractivity contribution < 1.29 is 19.2 Å². The van der Waals surface area contributed by atoms with Crippen molar-refractivity contribution in [2.45, 2.75) is 52.9 Å². The number of carbonyl (C=O) groups is 3. The summed E-state index contributed by atoms with van der Waals surface area (Å²) in [6.45, 7) is 6.27. The van der Waals surface area contributed by atoms with E-state index in [2.05, 4.69) is 5.32 Å². The van der Waals surface area contributed by atoms with Gasteiger partial charge in [-0.05, 0) is 32.1 Å². The minimum absolute atomic E-state index is 0.231. The minimum Gasteiger partial charge on any atom is -0.355 e. The van der Waals surface area contributed by atoms with Crippen molar-refractivity contribution in [2.24, 2.45) is 11.3 Å². The molecule has 6 heteroatoms. The van der Waals surface area contributed by atoms with E-state index in [-0.39, 0.29) is 17.7 Å². The zero-order valence-electron chi connectivity index (χ0n) is 13.5. The number of nitrogens with one attached hydrogen (secondary N) is 1. The first-order valence-corrected chi connectivity index (χ1v) is 7.95. The number of allylic oxidation sites excluding steroid dienone is 2. The van der Waals surface area contributed by atoms with Gasteiger partial charge >= 0.3 is 5.97 Å². The van der Waals surface area contributed by atoms with Gasteiger partial charge in [-0.2, -0.15) is 0 Å². The summed E-state index contributed by atoms with van der Waals surface area (Å²) in [5.41, 5.74) is -0.416. The lowest BCUT2D eigenvalue weighted by Crippen LogP contribution is -2.53. The molecule has 1 aliphatic heterocycles. The van der Waals surface area contributed by atoms with Crippen LogP contribution in [0.4, 0.5) is 0 Å². The van der Waals surface area contributed by atoms with E-state index in [1.54, 1.807) is 0 Å². The molecular weight excluding hydrogens is 284 g/mol. The molecule has 0 atom stereocenters. The van der Waals surface area contributed by atoms with Gasteiger partial charge in [-0.25, -0.2) is 4.79 Å². The molecule has 122 valence electrons. The summed E-state index contributed by atoms with van der Waals surface area (Å²) >= 11 is 0. The highest BCUT2D eigenvalue weighted by atomic mass is 16.7. The van der Waals surface area contributed by atoms with E-state index in [1.165, 1.54) is 0 Å². The molecule has 0 aromatic rings. The topological polar surface area (TPSA) is 75.7 Å². The third kappa shape index (κ3) is 3.00. The summed E-state index contributed by atoms with van der Waals surface area (Å²) in [6, 6.07) is 0. The molecule has 0 bridgehead atoms. The van der Waals surface area contributed by atoms with E-state index in [4.69, 9.17) is 4.84 Å². The lowest BCUT2D eigenvalue weighted by atomic mass is 9.68. The largest absolute Gasteiger partial charge is 0.355 e. The molecule has 0 aromatic heterocycles. The monoisotopic (exact) mass is 308 g/mol. The lowest BCUT2D eigenvalue weighted by Gasteiger charge is -2.38. The average molecular weight is 308 g/mol. The Morgan fingerprint density at radius 3 is 2.55 bits per heavy atom. The van der Waals surface area contributed by atoms with Crippen LogP contribution in [0.25, 0.3) is 0 Å². The number of hydroxylamine groups is 2. The van der Waals surface area contributed by atoms with Crippen molar-refractivity contribution in [1.29, 1.82) is 0 Å². The molecule has 1 N–H and O–H groups in total. The van der Waals surface area contributed by atoms with Crippen LogP contribution in [-0.4, -0.2) is 29.4 Å². The van der Waals surface area contributed by atoms with Crippen molar-refractivity contribution >= 4 is 17.8 Å². The van der Waals surface area contributed by atoms with E-state index < -0.39 is 11.4 Å². The molecule has 0 unspecified atom stereocenters. The fraction of sp³-hybridized carbons (Fsp3) is 0.688. The van der Waals surface area contributed by atoms with Crippen LogP contribution in [-0.2, 0) is 19.2 Å². The Labute approximate surface area is 130 Å². The fourth-order valence-electron chi connectivity index (χ4n) is 2.80. The Morgan fingerprint density at radius 1 is 1.36 bits per heavy atom. The zero-order chi connectivity index (χ0) is 16.3. The Hall–Kier alpha value is -1.85. The van der Waals surface area contributed by atoms with Crippen LogP contribution in [0.5, 0.6) is 0 Å². The third-order valence-corrected chi connectivity index (χ3v) is 4.15. The number of hydrogen-bond donors (Lipinski definition) is 1. The molecule has 1 aliphatic carbocycles. The van der Waals surface area contributed by atoms with Crippen molar-refractivity contribution in [3.63, 3.8) is 0 Å². The second-order valence-corrected chi connectivity index (χ2v) is 6.26. The van der Waals surface area contributed by atoms with Gasteiger partial charge in [-0.1, -0.05) is 26.3 Å². The molecule has 0 radical (unpaired) electrons. The van der Waals surface area contributed by atoms with Crippen LogP contribution < -0.4 is 5.32 Å². The van der Waals surface area contributed by atoms with Gasteiger partial charge in [0.25, 0.3) is 5.91 Å². The highest BCUT2D eigenvalue weighted by molar-refractivity contribution is 6.04. The number of rotatable bonds is 5. The Bertz CT molecular complexity index is 506. The first kappa shape index (κ1) is 16.5. The number of hydrogen-bond acceptors (Lipinski definition) is 4. The minimum atomic E-state index is -1.12. The summed E-state index contributed by atoms with van der Waals surface area (Å²) in [5.74, 6) is -0.893. The van der Waals surface area contributed by atoms with Gasteiger partial charge in [-0.3, -0.25) is 9.59 Å². The molecule has 1 saturated carbocycles. The number of nitrogens with zero attached hydrogens (tertiary/aromatic N) is 1. The van der Waals surface area contributed by atoms with E-state index in [9.17, 15) is 14.4 Å². The molecule has 0 aromatic carbocycles. The first-order valence-electron chi connectivity index (χ1n) is 7.95. The Kier molecular flexibility index (Phi) is 4.88. The summed E-state index contributed by atoms with van der Waals surface area (Å²) in [7, 11) is 0. The normalized spacial score (nSPS) is 21.9. The van der Waals surface area contributed by atoms with Gasteiger partial charge in [0.05, 0.1) is 5.70 Å². The van der Waals surface area contributed by atoms with E-state index in [1.807, 2.05) is 26.8 Å². The van der Waals surface area contributed by atoms with Crippen LogP contribution in [0.3, 0.4) is 0 Å². The molecule has 2 amide bonds. The standard InChI is InChI=1S/C16H24N2O4/c1-4-17-14(20)16(8-5-9-16)15(21)22-18-12(10-11(2)3)6-7-13(18)19/h10-11H,4-9H2,1-3H3,(H,17,20). The third-order valence-electron chi connectivity index (χ3n) is 4.15. The highest BCUT2D eigenvalue weighted by Crippen LogP contribution is 2.43. The number of amides is 2. The van der Waals surface area contributed by atoms with Crippen LogP contribution in [0.1, 0.15) is 52.9 Å². The highest BCUT2D eigenvalue weighted by Gasteiger charge is 2.53. The smallest absolute Gasteiger partial charge is 0.348 e. The van der Waals surface area contributed by atoms with Gasteiger partial charge in [0.1, 0.15) is 5.41 Å². The maximum atomic E-state index is 12.5. The maximum absolute atomic E-state index is 12.5. The second kappa shape index (κ2) is 6.50. The van der Waals surface area contributed by atoms with E-state index >= 15 is 0 Å². The molecular formula is C16H24N2O4. The molecule has 1 saturated heterocycles. The molecule has 2 aliphatic rings. The van der Waals surface area contributed by atoms with Crippen molar-refractivity contribution in [1.82, 2.24) is 10.4 Å². The van der Waals surface area contributed by atoms with Gasteiger partial charge in [0.15, 0.2) is 0 Å². The second-order valence-electron chi connectivity index (χ2n) is 6.26. The summed E-state index contributed by atoms with van der Waals surface area (Å²) < 4.78 is 0. The predicted octanol–water partition coefficient (Wildman–Crippen LogP) is 1.91. The van der Waals surface area contributed by atoms with Crippen LogP contribution in [0.15, 0.2) is 11.8 Å². The van der Waals surface area contributed by atoms with Gasteiger partial charge < -0.3 is 10.2 Å². The summed E-state index contributed by atoms with van der Waals surface area (Å²) in [4.78, 5) is 41.9. The molecule has 2 fully saturated rings. The molecule has 22 heavy (non-hydrogen) atoms. The van der Waals surface area contributed by atoms with Gasteiger partial charge in [0, 0.05) is 13.0 Å². The maximum Gasteiger partial charge on any atom is 0.348 e. The number of carbonyl (C=O) groups excluding carboxylic acids is 3. The summed E-state index contributed by atoms with van der Waals surface area (Å²) in [6.07, 6.45) is 4.58. The molecule has 6 nitrogen and oxygen atoms in total. The molecule has 2 rings (SSSR count). The van der Waals surface area contributed by atoms with Gasteiger partial charge in [-0.15, -0.1) is 5.06 Å². The SMILES string of the molecule is CCNC(=O)C1(C(=O)ON2C(=O)CCC2=CC(C)C)CCC1. The fourth-order valence-corrected chi connectivity index (χ4v) is 2.80. The van der Waals surface area contributed by atoms with Crippen LogP contribution >= 0.6 is 0 Å².